The maximum Gasteiger partial charge on any atom is 0.335 e. The Bertz CT molecular complexity index is 568. The van der Waals surface area contributed by atoms with Crippen molar-refractivity contribution in [1.82, 2.24) is 0 Å². The molecule has 0 amide bonds. The van der Waals surface area contributed by atoms with Crippen LogP contribution in [0, 0.1) is 10.8 Å². The number of ketones is 1. The van der Waals surface area contributed by atoms with Gasteiger partial charge in [-0.05, 0) is 26.7 Å². The molecule has 0 aromatic heterocycles. The molecule has 6 unspecified atom stereocenters. The van der Waals surface area contributed by atoms with Gasteiger partial charge in [-0.25, -0.2) is 4.79 Å². The highest BCUT2D eigenvalue weighted by Crippen LogP contribution is 2.69. The van der Waals surface area contributed by atoms with Crippen molar-refractivity contribution in [2.75, 3.05) is 6.61 Å². The van der Waals surface area contributed by atoms with Gasteiger partial charge < -0.3 is 25.2 Å². The van der Waals surface area contributed by atoms with E-state index < -0.39 is 58.5 Å². The lowest BCUT2D eigenvalue weighted by atomic mass is 9.45. The number of carbonyl (C=O) groups is 2. The van der Waals surface area contributed by atoms with E-state index in [1.165, 1.54) is 20.8 Å². The SMILES string of the molecule is CC1(O)CCC2(O)C3(C)COC(=O)C(O)C12CC(=O)C3(C)O. The van der Waals surface area contributed by atoms with Gasteiger partial charge in [0.2, 0.25) is 0 Å². The summed E-state index contributed by atoms with van der Waals surface area (Å²) in [6.07, 6.45) is -2.17. The second-order valence-corrected chi connectivity index (χ2v) is 7.62. The van der Waals surface area contributed by atoms with Crippen molar-refractivity contribution < 1.29 is 34.8 Å². The van der Waals surface area contributed by atoms with E-state index in [0.717, 1.165) is 0 Å². The fraction of sp³-hybridized carbons (Fsp3) is 0.867. The normalized spacial score (nSPS) is 58.0. The summed E-state index contributed by atoms with van der Waals surface area (Å²) in [5, 5.41) is 43.5. The minimum absolute atomic E-state index is 0.0492. The molecule has 7 heteroatoms. The van der Waals surface area contributed by atoms with E-state index in [-0.39, 0.29) is 12.8 Å². The average molecular weight is 314 g/mol. The molecule has 22 heavy (non-hydrogen) atoms. The average Bonchev–Trinajstić information content (AvgIpc) is 2.61. The summed E-state index contributed by atoms with van der Waals surface area (Å²) in [5.41, 5.74) is -8.70. The topological polar surface area (TPSA) is 124 Å². The quantitative estimate of drug-likeness (QED) is 0.418. The summed E-state index contributed by atoms with van der Waals surface area (Å²) in [4.78, 5) is 24.7. The molecular formula is C15H22O7. The van der Waals surface area contributed by atoms with Crippen LogP contribution >= 0.6 is 0 Å². The fourth-order valence-corrected chi connectivity index (χ4v) is 4.93. The van der Waals surface area contributed by atoms with Gasteiger partial charge in [0.15, 0.2) is 11.9 Å². The molecule has 3 rings (SSSR count). The largest absolute Gasteiger partial charge is 0.463 e. The maximum atomic E-state index is 12.6. The molecule has 6 atom stereocenters. The molecule has 3 fully saturated rings. The third kappa shape index (κ3) is 1.29. The van der Waals surface area contributed by atoms with Crippen molar-refractivity contribution in [1.29, 1.82) is 0 Å². The Hall–Kier alpha value is -1.02. The van der Waals surface area contributed by atoms with Gasteiger partial charge >= 0.3 is 5.97 Å². The molecule has 2 saturated carbocycles. The number of Topliss-reactive ketones (excluding diaryl/α,β-unsaturated/α-hetero) is 1. The summed E-state index contributed by atoms with van der Waals surface area (Å²) in [6.45, 7) is 3.75. The Labute approximate surface area is 127 Å². The molecule has 1 aliphatic heterocycles. The van der Waals surface area contributed by atoms with Crippen LogP contribution in [0.15, 0.2) is 0 Å². The molecule has 0 aromatic carbocycles. The second kappa shape index (κ2) is 3.90. The standard InChI is InChI=1S/C15H22O7/c1-11-7-22-10(18)9(17)14(6-8(16)13(11,3)20)12(2,19)4-5-15(11,14)21/h9,17,19-21H,4-7H2,1-3H3. The first-order chi connectivity index (χ1) is 9.87. The first-order valence-electron chi connectivity index (χ1n) is 7.43. The monoisotopic (exact) mass is 314 g/mol. The van der Waals surface area contributed by atoms with Gasteiger partial charge in [0.1, 0.15) is 12.2 Å². The van der Waals surface area contributed by atoms with Gasteiger partial charge in [0.25, 0.3) is 0 Å². The van der Waals surface area contributed by atoms with E-state index in [1.54, 1.807) is 0 Å². The molecule has 0 radical (unpaired) electrons. The number of cyclic esters (lactones) is 1. The number of ether oxygens (including phenoxy) is 1. The Kier molecular flexibility index (Phi) is 2.81. The smallest absolute Gasteiger partial charge is 0.335 e. The minimum atomic E-state index is -1.93. The van der Waals surface area contributed by atoms with Crippen molar-refractivity contribution in [3.05, 3.63) is 0 Å². The molecule has 124 valence electrons. The highest BCUT2D eigenvalue weighted by atomic mass is 16.6. The molecule has 4 N–H and O–H groups in total. The zero-order chi connectivity index (χ0) is 16.8. The van der Waals surface area contributed by atoms with Crippen LogP contribution in [0.4, 0.5) is 0 Å². The summed E-state index contributed by atoms with van der Waals surface area (Å²) in [5.74, 6) is -1.62. The maximum absolute atomic E-state index is 12.6. The molecule has 2 bridgehead atoms. The van der Waals surface area contributed by atoms with Crippen LogP contribution in [-0.4, -0.2) is 61.7 Å². The van der Waals surface area contributed by atoms with Crippen molar-refractivity contribution in [2.45, 2.75) is 62.9 Å². The van der Waals surface area contributed by atoms with Crippen LogP contribution < -0.4 is 0 Å². The minimum Gasteiger partial charge on any atom is -0.463 e. The van der Waals surface area contributed by atoms with E-state index in [1.807, 2.05) is 0 Å². The van der Waals surface area contributed by atoms with Gasteiger partial charge in [-0.3, -0.25) is 4.79 Å². The van der Waals surface area contributed by atoms with Crippen LogP contribution in [0.1, 0.15) is 40.0 Å². The fourth-order valence-electron chi connectivity index (χ4n) is 4.93. The van der Waals surface area contributed by atoms with Gasteiger partial charge in [-0.2, -0.15) is 0 Å². The lowest BCUT2D eigenvalue weighted by Gasteiger charge is -2.61. The number of hydrogen-bond donors (Lipinski definition) is 4. The first-order valence-corrected chi connectivity index (χ1v) is 7.43. The summed E-state index contributed by atoms with van der Waals surface area (Å²) in [6, 6.07) is 0. The predicted molar refractivity (Wildman–Crippen MR) is 72.6 cm³/mol. The molecular weight excluding hydrogens is 292 g/mol. The number of hydrogen-bond acceptors (Lipinski definition) is 7. The predicted octanol–water partition coefficient (Wildman–Crippen LogP) is -1.10. The number of esters is 1. The van der Waals surface area contributed by atoms with E-state index in [0.29, 0.717) is 0 Å². The second-order valence-electron chi connectivity index (χ2n) is 7.62. The van der Waals surface area contributed by atoms with E-state index >= 15 is 0 Å². The van der Waals surface area contributed by atoms with Crippen LogP contribution in [-0.2, 0) is 14.3 Å². The zero-order valence-corrected chi connectivity index (χ0v) is 12.9. The number of aliphatic hydroxyl groups excluding tert-OH is 1. The van der Waals surface area contributed by atoms with Crippen LogP contribution in [0.2, 0.25) is 0 Å². The van der Waals surface area contributed by atoms with E-state index in [2.05, 4.69) is 0 Å². The highest BCUT2D eigenvalue weighted by Gasteiger charge is 2.83. The molecule has 3 aliphatic rings. The molecule has 0 spiro atoms. The number of aliphatic hydroxyl groups is 4. The lowest BCUT2D eigenvalue weighted by Crippen LogP contribution is -2.77. The summed E-state index contributed by atoms with van der Waals surface area (Å²) >= 11 is 0. The Morgan fingerprint density at radius 1 is 1.09 bits per heavy atom. The van der Waals surface area contributed by atoms with Gasteiger partial charge in [-0.1, -0.05) is 6.92 Å². The molecule has 0 aromatic rings. The third-order valence-electron chi connectivity index (χ3n) is 6.84. The van der Waals surface area contributed by atoms with Crippen LogP contribution in [0.3, 0.4) is 0 Å². The molecule has 2 aliphatic carbocycles. The summed E-state index contributed by atoms with van der Waals surface area (Å²) < 4.78 is 5.03. The van der Waals surface area contributed by atoms with Gasteiger partial charge in [0.05, 0.1) is 22.0 Å². The number of carbonyl (C=O) groups excluding carboxylic acids is 2. The van der Waals surface area contributed by atoms with Gasteiger partial charge in [-0.15, -0.1) is 0 Å². The zero-order valence-electron chi connectivity index (χ0n) is 12.9. The van der Waals surface area contributed by atoms with E-state index in [9.17, 15) is 30.0 Å². The molecule has 1 saturated heterocycles. The molecule has 7 nitrogen and oxygen atoms in total. The van der Waals surface area contributed by atoms with Crippen molar-refractivity contribution >= 4 is 11.8 Å². The van der Waals surface area contributed by atoms with Crippen LogP contribution in [0.5, 0.6) is 0 Å². The Balaban J connectivity index is 2.37. The Morgan fingerprint density at radius 2 is 1.68 bits per heavy atom. The highest BCUT2D eigenvalue weighted by molar-refractivity contribution is 5.92. The molecule has 1 heterocycles. The van der Waals surface area contributed by atoms with Gasteiger partial charge in [0, 0.05) is 6.42 Å². The van der Waals surface area contributed by atoms with Crippen LogP contribution in [0.25, 0.3) is 0 Å². The van der Waals surface area contributed by atoms with E-state index in [4.69, 9.17) is 4.74 Å². The third-order valence-corrected chi connectivity index (χ3v) is 6.84. The Morgan fingerprint density at radius 3 is 2.27 bits per heavy atom. The number of rotatable bonds is 0. The van der Waals surface area contributed by atoms with Crippen molar-refractivity contribution in [3.8, 4) is 0 Å². The summed E-state index contributed by atoms with van der Waals surface area (Å²) in [7, 11) is 0. The van der Waals surface area contributed by atoms with Crippen molar-refractivity contribution in [2.24, 2.45) is 10.8 Å². The van der Waals surface area contributed by atoms with Crippen molar-refractivity contribution in [3.63, 3.8) is 0 Å². The lowest BCUT2D eigenvalue weighted by molar-refractivity contribution is -0.279. The first kappa shape index (κ1) is 15.9.